The molecule has 0 bridgehead atoms. The number of amides is 2. The van der Waals surface area contributed by atoms with Crippen LogP contribution in [-0.2, 0) is 9.59 Å². The van der Waals surface area contributed by atoms with Gasteiger partial charge >= 0.3 is 5.63 Å². The lowest BCUT2D eigenvalue weighted by Crippen LogP contribution is -2.46. The van der Waals surface area contributed by atoms with Crippen molar-refractivity contribution >= 4 is 34.4 Å². The number of halogens is 1. The number of fused-ring (bicyclic) bond motifs is 1. The summed E-state index contributed by atoms with van der Waals surface area (Å²) in [6.07, 6.45) is 0.811. The maximum Gasteiger partial charge on any atom is 0.336 e. The summed E-state index contributed by atoms with van der Waals surface area (Å²) in [4.78, 5) is 35.2. The van der Waals surface area contributed by atoms with Crippen molar-refractivity contribution in [2.75, 3.05) is 13.2 Å². The zero-order valence-electron chi connectivity index (χ0n) is 14.8. The fourth-order valence-electron chi connectivity index (χ4n) is 2.32. The Bertz CT molecular complexity index is 878. The van der Waals surface area contributed by atoms with Crippen LogP contribution >= 0.6 is 11.6 Å². The molecule has 0 aliphatic heterocycles. The molecule has 0 aliphatic rings. The average Bonchev–Trinajstić information content (AvgIpc) is 2.58. The Hall–Kier alpha value is -2.54. The molecule has 0 fully saturated rings. The third kappa shape index (κ3) is 4.98. The molecule has 140 valence electrons. The van der Waals surface area contributed by atoms with Gasteiger partial charge in [0.2, 0.25) is 5.91 Å². The summed E-state index contributed by atoms with van der Waals surface area (Å²) in [6, 6.07) is 3.78. The van der Waals surface area contributed by atoms with Crippen molar-refractivity contribution in [1.29, 1.82) is 0 Å². The van der Waals surface area contributed by atoms with Crippen LogP contribution in [0.15, 0.2) is 27.4 Å². The van der Waals surface area contributed by atoms with Gasteiger partial charge in [0.1, 0.15) is 17.4 Å². The Kier molecular flexibility index (Phi) is 6.63. The lowest BCUT2D eigenvalue weighted by Gasteiger charge is -2.14. The van der Waals surface area contributed by atoms with E-state index in [9.17, 15) is 14.4 Å². The van der Waals surface area contributed by atoms with Crippen LogP contribution in [-0.4, -0.2) is 31.0 Å². The zero-order chi connectivity index (χ0) is 19.3. The predicted molar refractivity (Wildman–Crippen MR) is 98.6 cm³/mol. The molecule has 0 saturated carbocycles. The molecule has 2 N–H and O–H groups in total. The molecule has 8 heteroatoms. The Morgan fingerprint density at radius 3 is 2.73 bits per heavy atom. The second-order valence-corrected chi connectivity index (χ2v) is 6.30. The number of carbonyl (C=O) groups is 2. The minimum atomic E-state index is -0.676. The van der Waals surface area contributed by atoms with E-state index in [0.29, 0.717) is 17.5 Å². The van der Waals surface area contributed by atoms with E-state index in [0.717, 1.165) is 12.0 Å². The highest BCUT2D eigenvalue weighted by Crippen LogP contribution is 2.30. The van der Waals surface area contributed by atoms with Gasteiger partial charge in [0, 0.05) is 24.1 Å². The first-order valence-electron chi connectivity index (χ1n) is 8.25. The summed E-state index contributed by atoms with van der Waals surface area (Å²) in [5.41, 5.74) is 0.574. The Balaban J connectivity index is 2.02. The van der Waals surface area contributed by atoms with Crippen LogP contribution < -0.4 is 21.0 Å². The molecule has 2 rings (SSSR count). The van der Waals surface area contributed by atoms with E-state index in [1.165, 1.54) is 12.1 Å². The van der Waals surface area contributed by atoms with E-state index in [-0.39, 0.29) is 23.3 Å². The highest BCUT2D eigenvalue weighted by atomic mass is 35.5. The third-order valence-electron chi connectivity index (χ3n) is 3.68. The van der Waals surface area contributed by atoms with Crippen LogP contribution in [0.2, 0.25) is 5.02 Å². The van der Waals surface area contributed by atoms with Gasteiger partial charge < -0.3 is 19.8 Å². The van der Waals surface area contributed by atoms with Crippen molar-refractivity contribution in [3.05, 3.63) is 39.2 Å². The fraction of sp³-hybridized carbons (Fsp3) is 0.389. The van der Waals surface area contributed by atoms with Gasteiger partial charge in [-0.2, -0.15) is 0 Å². The van der Waals surface area contributed by atoms with Gasteiger partial charge in [-0.15, -0.1) is 0 Å². The number of ether oxygens (including phenoxy) is 1. The fourth-order valence-corrected chi connectivity index (χ4v) is 2.54. The molecular formula is C18H21ClN2O5. The number of hydrogen-bond donors (Lipinski definition) is 2. The van der Waals surface area contributed by atoms with Crippen LogP contribution in [0.25, 0.3) is 11.0 Å². The molecule has 2 aromatic rings. The SMILES string of the molecule is CCCNC(=O)[C@@H](C)NC(=O)COc1cc2oc(=O)cc(C)c2cc1Cl. The number of nitrogens with one attached hydrogen (secondary N) is 2. The quantitative estimate of drug-likeness (QED) is 0.717. The summed E-state index contributed by atoms with van der Waals surface area (Å²) in [6.45, 7) is 5.52. The minimum absolute atomic E-state index is 0.214. The Morgan fingerprint density at radius 2 is 2.04 bits per heavy atom. The molecule has 0 aliphatic carbocycles. The van der Waals surface area contributed by atoms with Crippen molar-refractivity contribution < 1.29 is 18.7 Å². The van der Waals surface area contributed by atoms with Crippen LogP contribution in [0.4, 0.5) is 0 Å². The second-order valence-electron chi connectivity index (χ2n) is 5.90. The number of carbonyl (C=O) groups excluding carboxylic acids is 2. The first-order chi connectivity index (χ1) is 12.3. The molecule has 0 saturated heterocycles. The Labute approximate surface area is 155 Å². The van der Waals surface area contributed by atoms with Gasteiger partial charge in [-0.25, -0.2) is 4.79 Å². The van der Waals surface area contributed by atoms with Gasteiger partial charge in [-0.1, -0.05) is 18.5 Å². The van der Waals surface area contributed by atoms with Gasteiger partial charge in [-0.05, 0) is 31.9 Å². The largest absolute Gasteiger partial charge is 0.482 e. The van der Waals surface area contributed by atoms with Gasteiger partial charge in [0.15, 0.2) is 6.61 Å². The predicted octanol–water partition coefficient (Wildman–Crippen LogP) is 2.16. The van der Waals surface area contributed by atoms with Gasteiger partial charge in [0.25, 0.3) is 5.91 Å². The molecule has 1 aromatic heterocycles. The molecular weight excluding hydrogens is 360 g/mol. The summed E-state index contributed by atoms with van der Waals surface area (Å²) in [7, 11) is 0. The van der Waals surface area contributed by atoms with Gasteiger partial charge in [0.05, 0.1) is 5.02 Å². The van der Waals surface area contributed by atoms with E-state index in [1.807, 2.05) is 6.92 Å². The van der Waals surface area contributed by atoms with E-state index >= 15 is 0 Å². The molecule has 26 heavy (non-hydrogen) atoms. The summed E-state index contributed by atoms with van der Waals surface area (Å²) >= 11 is 6.17. The standard InChI is InChI=1S/C18H21ClN2O5/c1-4-5-20-18(24)11(3)21-16(22)9-25-15-8-14-12(7-13(15)19)10(2)6-17(23)26-14/h6-8,11H,4-5,9H2,1-3H3,(H,20,24)(H,21,22)/t11-/m1/s1. The number of rotatable bonds is 7. The summed E-state index contributed by atoms with van der Waals surface area (Å²) in [5, 5.41) is 6.21. The molecule has 2 amide bonds. The number of hydrogen-bond acceptors (Lipinski definition) is 5. The molecule has 1 aromatic carbocycles. The third-order valence-corrected chi connectivity index (χ3v) is 3.98. The first kappa shape index (κ1) is 19.8. The highest BCUT2D eigenvalue weighted by molar-refractivity contribution is 6.32. The van der Waals surface area contributed by atoms with E-state index in [2.05, 4.69) is 10.6 Å². The van der Waals surface area contributed by atoms with Crippen molar-refractivity contribution in [3.8, 4) is 5.75 Å². The van der Waals surface area contributed by atoms with Crippen molar-refractivity contribution in [3.63, 3.8) is 0 Å². The lowest BCUT2D eigenvalue weighted by molar-refractivity contribution is -0.129. The zero-order valence-corrected chi connectivity index (χ0v) is 15.6. The van der Waals surface area contributed by atoms with Crippen molar-refractivity contribution in [1.82, 2.24) is 10.6 Å². The molecule has 7 nitrogen and oxygen atoms in total. The Morgan fingerprint density at radius 1 is 1.31 bits per heavy atom. The molecule has 1 atom stereocenters. The van der Waals surface area contributed by atoms with E-state index < -0.39 is 17.6 Å². The normalized spacial score (nSPS) is 11.8. The van der Waals surface area contributed by atoms with Gasteiger partial charge in [-0.3, -0.25) is 9.59 Å². The summed E-state index contributed by atoms with van der Waals surface area (Å²) < 4.78 is 10.5. The summed E-state index contributed by atoms with van der Waals surface area (Å²) in [5.74, 6) is -0.515. The second kappa shape index (κ2) is 8.71. The maximum atomic E-state index is 12.0. The van der Waals surface area contributed by atoms with E-state index in [4.69, 9.17) is 20.8 Å². The van der Waals surface area contributed by atoms with Crippen LogP contribution in [0.1, 0.15) is 25.8 Å². The number of benzene rings is 1. The smallest absolute Gasteiger partial charge is 0.336 e. The van der Waals surface area contributed by atoms with Crippen LogP contribution in [0, 0.1) is 6.92 Å². The lowest BCUT2D eigenvalue weighted by atomic mass is 10.1. The van der Waals surface area contributed by atoms with E-state index in [1.54, 1.807) is 19.9 Å². The number of aryl methyl sites for hydroxylation is 1. The van der Waals surface area contributed by atoms with Crippen molar-refractivity contribution in [2.45, 2.75) is 33.2 Å². The highest BCUT2D eigenvalue weighted by Gasteiger charge is 2.16. The average molecular weight is 381 g/mol. The van der Waals surface area contributed by atoms with Crippen molar-refractivity contribution in [2.24, 2.45) is 0 Å². The van der Waals surface area contributed by atoms with Crippen LogP contribution in [0.5, 0.6) is 5.75 Å². The topological polar surface area (TPSA) is 97.6 Å². The molecule has 0 spiro atoms. The molecule has 0 radical (unpaired) electrons. The molecule has 1 heterocycles. The maximum absolute atomic E-state index is 12.0. The van der Waals surface area contributed by atoms with Crippen LogP contribution in [0.3, 0.4) is 0 Å². The molecule has 0 unspecified atom stereocenters. The monoisotopic (exact) mass is 380 g/mol. The minimum Gasteiger partial charge on any atom is -0.482 e. The first-order valence-corrected chi connectivity index (χ1v) is 8.63.